The fourth-order valence-corrected chi connectivity index (χ4v) is 7.16. The van der Waals surface area contributed by atoms with E-state index in [2.05, 4.69) is 44.5 Å². The van der Waals surface area contributed by atoms with Crippen LogP contribution in [0.5, 0.6) is 0 Å². The number of fused-ring (bicyclic) bond motifs is 1. The number of aliphatic hydroxyl groups is 2. The first-order valence-corrected chi connectivity index (χ1v) is 12.1. The Labute approximate surface area is 187 Å². The van der Waals surface area contributed by atoms with Gasteiger partial charge in [0.25, 0.3) is 0 Å². The van der Waals surface area contributed by atoms with Gasteiger partial charge >= 0.3 is 0 Å². The van der Waals surface area contributed by atoms with Crippen molar-refractivity contribution in [1.29, 1.82) is 0 Å². The monoisotopic (exact) mass is 425 g/mol. The smallest absolute Gasteiger partial charge is 0.246 e. The minimum Gasteiger partial charge on any atom is -0.393 e. The molecule has 1 amide bonds. The maximum Gasteiger partial charge on any atom is 0.246 e. The SMILES string of the molecule is C=C1CC(C[C@@H](C)[C@H]2CCC3/C(=C/C=C4/C[C@@H](O)C[C@H](O)C4=C)CCC[C@@]32C)NC1=O. The average molecular weight is 426 g/mol. The Bertz CT molecular complexity index is 808. The van der Waals surface area contributed by atoms with E-state index in [-0.39, 0.29) is 11.9 Å². The topological polar surface area (TPSA) is 69.6 Å². The van der Waals surface area contributed by atoms with Crippen LogP contribution in [0.25, 0.3) is 0 Å². The van der Waals surface area contributed by atoms with E-state index in [0.717, 1.165) is 36.0 Å². The molecular weight excluding hydrogens is 386 g/mol. The summed E-state index contributed by atoms with van der Waals surface area (Å²) < 4.78 is 0. The zero-order valence-electron chi connectivity index (χ0n) is 19.2. The van der Waals surface area contributed by atoms with Gasteiger partial charge in [-0.15, -0.1) is 0 Å². The van der Waals surface area contributed by atoms with Gasteiger partial charge in [-0.1, -0.05) is 44.7 Å². The number of rotatable bonds is 4. The number of aliphatic hydroxyl groups excluding tert-OH is 2. The van der Waals surface area contributed by atoms with Crippen LogP contribution >= 0.6 is 0 Å². The molecule has 3 aliphatic carbocycles. The molecule has 3 saturated carbocycles. The van der Waals surface area contributed by atoms with Crippen molar-refractivity contribution in [1.82, 2.24) is 5.32 Å². The van der Waals surface area contributed by atoms with Crippen molar-refractivity contribution in [3.8, 4) is 0 Å². The zero-order chi connectivity index (χ0) is 22.3. The van der Waals surface area contributed by atoms with Crippen LogP contribution in [0, 0.1) is 23.2 Å². The number of nitrogens with one attached hydrogen (secondary N) is 1. The normalized spacial score (nSPS) is 42.2. The highest BCUT2D eigenvalue weighted by molar-refractivity contribution is 5.95. The second-order valence-corrected chi connectivity index (χ2v) is 10.9. The van der Waals surface area contributed by atoms with Gasteiger partial charge in [-0.05, 0) is 85.7 Å². The Balaban J connectivity index is 1.48. The molecule has 1 heterocycles. The Kier molecular flexibility index (Phi) is 6.33. The maximum absolute atomic E-state index is 11.8. The Morgan fingerprint density at radius 3 is 2.71 bits per heavy atom. The van der Waals surface area contributed by atoms with Crippen LogP contribution < -0.4 is 5.32 Å². The molecule has 1 saturated heterocycles. The van der Waals surface area contributed by atoms with E-state index in [0.29, 0.717) is 36.0 Å². The minimum absolute atomic E-state index is 0.0307. The first kappa shape index (κ1) is 22.5. The molecule has 0 aromatic heterocycles. The summed E-state index contributed by atoms with van der Waals surface area (Å²) in [6, 6.07) is 0.246. The third-order valence-corrected chi connectivity index (χ3v) is 8.79. The molecule has 0 aromatic carbocycles. The van der Waals surface area contributed by atoms with Gasteiger partial charge in [-0.25, -0.2) is 0 Å². The molecule has 170 valence electrons. The van der Waals surface area contributed by atoms with Crippen molar-refractivity contribution in [2.75, 3.05) is 0 Å². The first-order chi connectivity index (χ1) is 14.7. The van der Waals surface area contributed by atoms with Gasteiger partial charge in [0.05, 0.1) is 12.2 Å². The van der Waals surface area contributed by atoms with Crippen molar-refractivity contribution >= 4 is 5.91 Å². The highest BCUT2D eigenvalue weighted by Gasteiger charge is 2.51. The van der Waals surface area contributed by atoms with Crippen LogP contribution in [-0.4, -0.2) is 34.4 Å². The number of hydrogen-bond acceptors (Lipinski definition) is 3. The summed E-state index contributed by atoms with van der Waals surface area (Å²) in [6.45, 7) is 12.8. The van der Waals surface area contributed by atoms with E-state index in [9.17, 15) is 15.0 Å². The summed E-state index contributed by atoms with van der Waals surface area (Å²) in [5.74, 6) is 1.88. The molecule has 0 bridgehead atoms. The zero-order valence-corrected chi connectivity index (χ0v) is 19.2. The molecule has 0 spiro atoms. The summed E-state index contributed by atoms with van der Waals surface area (Å²) in [7, 11) is 0. The Hall–Kier alpha value is -1.65. The largest absolute Gasteiger partial charge is 0.393 e. The predicted octanol–water partition coefficient (Wildman–Crippen LogP) is 4.60. The van der Waals surface area contributed by atoms with Crippen molar-refractivity contribution in [3.63, 3.8) is 0 Å². The number of allylic oxidation sites excluding steroid dienone is 3. The maximum atomic E-state index is 11.8. The number of carbonyl (C=O) groups is 1. The molecule has 3 N–H and O–H groups in total. The molecule has 2 unspecified atom stereocenters. The first-order valence-electron chi connectivity index (χ1n) is 12.1. The van der Waals surface area contributed by atoms with E-state index >= 15 is 0 Å². The third kappa shape index (κ3) is 4.34. The van der Waals surface area contributed by atoms with Gasteiger partial charge < -0.3 is 15.5 Å². The molecule has 4 fully saturated rings. The van der Waals surface area contributed by atoms with Crippen LogP contribution in [0.4, 0.5) is 0 Å². The highest BCUT2D eigenvalue weighted by atomic mass is 16.3. The molecule has 31 heavy (non-hydrogen) atoms. The van der Waals surface area contributed by atoms with Crippen LogP contribution in [0.1, 0.15) is 71.6 Å². The standard InChI is InChI=1S/C27H39NO3/c1-16(12-21-13-17(2)26(31)28-21)23-9-10-24-19(6-5-11-27(23,24)4)7-8-20-14-22(29)15-25(30)18(20)3/h7-8,16,21-25,29-30H,2-3,5-6,9-15H2,1,4H3,(H,28,31)/b19-7+,20-8-/t16-,21?,22-,23-,24?,25+,27-/m1/s1. The summed E-state index contributed by atoms with van der Waals surface area (Å²) >= 11 is 0. The summed E-state index contributed by atoms with van der Waals surface area (Å²) in [6.07, 6.45) is 12.2. The van der Waals surface area contributed by atoms with Crippen molar-refractivity contribution in [2.45, 2.75) is 89.9 Å². The molecule has 0 aromatic rings. The number of amides is 1. The summed E-state index contributed by atoms with van der Waals surface area (Å²) in [5.41, 5.74) is 4.32. The lowest BCUT2D eigenvalue weighted by Gasteiger charge is -2.44. The van der Waals surface area contributed by atoms with E-state index in [1.807, 2.05) is 0 Å². The van der Waals surface area contributed by atoms with Gasteiger partial charge in [0.1, 0.15) is 0 Å². The molecule has 4 rings (SSSR count). The Morgan fingerprint density at radius 2 is 2.00 bits per heavy atom. The average Bonchev–Trinajstić information content (AvgIpc) is 3.22. The lowest BCUT2D eigenvalue weighted by atomic mass is 9.60. The lowest BCUT2D eigenvalue weighted by Crippen LogP contribution is -2.38. The van der Waals surface area contributed by atoms with Crippen LogP contribution in [0.15, 0.2) is 47.6 Å². The van der Waals surface area contributed by atoms with E-state index in [1.165, 1.54) is 31.3 Å². The van der Waals surface area contributed by atoms with Gasteiger partial charge in [0, 0.05) is 18.0 Å². The lowest BCUT2D eigenvalue weighted by molar-refractivity contribution is -0.116. The van der Waals surface area contributed by atoms with Gasteiger partial charge in [0.2, 0.25) is 5.91 Å². The molecule has 4 heteroatoms. The number of carbonyl (C=O) groups excluding carboxylic acids is 1. The van der Waals surface area contributed by atoms with Gasteiger partial charge in [0.15, 0.2) is 0 Å². The fraction of sp³-hybridized carbons (Fsp3) is 0.667. The van der Waals surface area contributed by atoms with Crippen LogP contribution in [-0.2, 0) is 4.79 Å². The summed E-state index contributed by atoms with van der Waals surface area (Å²) in [4.78, 5) is 11.8. The van der Waals surface area contributed by atoms with Crippen molar-refractivity contribution in [2.24, 2.45) is 23.2 Å². The van der Waals surface area contributed by atoms with Crippen LogP contribution in [0.2, 0.25) is 0 Å². The second-order valence-electron chi connectivity index (χ2n) is 10.9. The van der Waals surface area contributed by atoms with Crippen molar-refractivity contribution in [3.05, 3.63) is 47.6 Å². The van der Waals surface area contributed by atoms with Gasteiger partial charge in [-0.2, -0.15) is 0 Å². The molecule has 4 aliphatic rings. The van der Waals surface area contributed by atoms with Gasteiger partial charge in [-0.3, -0.25) is 4.79 Å². The fourth-order valence-electron chi connectivity index (χ4n) is 7.16. The van der Waals surface area contributed by atoms with E-state index in [1.54, 1.807) is 0 Å². The highest BCUT2D eigenvalue weighted by Crippen LogP contribution is 2.60. The molecular formula is C27H39NO3. The van der Waals surface area contributed by atoms with E-state index in [4.69, 9.17) is 0 Å². The van der Waals surface area contributed by atoms with Crippen molar-refractivity contribution < 1.29 is 15.0 Å². The molecule has 1 aliphatic heterocycles. The second kappa shape index (κ2) is 8.71. The molecule has 7 atom stereocenters. The van der Waals surface area contributed by atoms with E-state index < -0.39 is 12.2 Å². The minimum atomic E-state index is -0.631. The number of hydrogen-bond donors (Lipinski definition) is 3. The quantitative estimate of drug-likeness (QED) is 0.577. The predicted molar refractivity (Wildman–Crippen MR) is 124 cm³/mol. The Morgan fingerprint density at radius 1 is 1.23 bits per heavy atom. The third-order valence-electron chi connectivity index (χ3n) is 8.79. The van der Waals surface area contributed by atoms with Crippen LogP contribution in [0.3, 0.4) is 0 Å². The molecule has 4 nitrogen and oxygen atoms in total. The molecule has 0 radical (unpaired) electrons. The summed E-state index contributed by atoms with van der Waals surface area (Å²) in [5, 5.41) is 23.3.